The summed E-state index contributed by atoms with van der Waals surface area (Å²) in [4.78, 5) is 16.9. The normalized spacial score (nSPS) is 25.7. The van der Waals surface area contributed by atoms with Gasteiger partial charge in [-0.1, -0.05) is 0 Å². The van der Waals surface area contributed by atoms with Gasteiger partial charge in [0.1, 0.15) is 11.1 Å². The summed E-state index contributed by atoms with van der Waals surface area (Å²) in [6, 6.07) is 4.63. The minimum Gasteiger partial charge on any atom is -0.373 e. The smallest absolute Gasteiger partial charge is 0.241 e. The Bertz CT molecular complexity index is 796. The van der Waals surface area contributed by atoms with Crippen molar-refractivity contribution in [3.8, 4) is 0 Å². The lowest BCUT2D eigenvalue weighted by Crippen LogP contribution is -2.50. The van der Waals surface area contributed by atoms with Crippen LogP contribution in [-0.4, -0.2) is 74.3 Å². The van der Waals surface area contributed by atoms with Gasteiger partial charge in [-0.2, -0.15) is 0 Å². The highest BCUT2D eigenvalue weighted by molar-refractivity contribution is 7.92. The van der Waals surface area contributed by atoms with Crippen molar-refractivity contribution >= 4 is 15.7 Å². The van der Waals surface area contributed by atoms with Crippen LogP contribution in [0.4, 0.5) is 4.39 Å². The molecule has 1 aromatic carbocycles. The first-order valence-corrected chi connectivity index (χ1v) is 11.9. The minimum absolute atomic E-state index is 0.0230. The summed E-state index contributed by atoms with van der Waals surface area (Å²) in [6.45, 7) is 9.59. The first-order valence-electron chi connectivity index (χ1n) is 10.3. The molecule has 1 amide bonds. The van der Waals surface area contributed by atoms with Gasteiger partial charge in [-0.3, -0.25) is 9.69 Å². The van der Waals surface area contributed by atoms with E-state index in [1.165, 1.54) is 19.1 Å². The van der Waals surface area contributed by atoms with Crippen LogP contribution in [0.25, 0.3) is 0 Å². The van der Waals surface area contributed by atoms with Crippen molar-refractivity contribution in [2.45, 2.75) is 56.0 Å². The van der Waals surface area contributed by atoms with Crippen LogP contribution in [0, 0.1) is 11.7 Å². The molecule has 3 unspecified atom stereocenters. The molecule has 3 rings (SSSR count). The molecule has 0 N–H and O–H groups in total. The maximum Gasteiger partial charge on any atom is 0.241 e. The fraction of sp³-hybridized carbons (Fsp3) is 0.667. The number of amides is 1. The van der Waals surface area contributed by atoms with Gasteiger partial charge in [-0.05, 0) is 63.8 Å². The van der Waals surface area contributed by atoms with Gasteiger partial charge in [0.05, 0.1) is 17.1 Å². The molecule has 2 heterocycles. The quantitative estimate of drug-likeness (QED) is 0.676. The summed E-state index contributed by atoms with van der Waals surface area (Å²) in [5.74, 6) is -0.379. The number of hydrogen-bond acceptors (Lipinski definition) is 5. The number of ether oxygens (including phenoxy) is 1. The third-order valence-corrected chi connectivity index (χ3v) is 7.95. The Kier molecular flexibility index (Phi) is 6.96. The van der Waals surface area contributed by atoms with E-state index in [2.05, 4.69) is 18.7 Å². The Balaban J connectivity index is 1.54. The summed E-state index contributed by atoms with van der Waals surface area (Å²) >= 11 is 0. The maximum atomic E-state index is 13.1. The van der Waals surface area contributed by atoms with Crippen LogP contribution in [0.5, 0.6) is 0 Å². The Hall–Kier alpha value is -1.51. The maximum absolute atomic E-state index is 13.1. The molecule has 0 aliphatic carbocycles. The molecule has 2 aliphatic heterocycles. The summed E-state index contributed by atoms with van der Waals surface area (Å²) in [6.07, 6.45) is 2.21. The van der Waals surface area contributed by atoms with Gasteiger partial charge >= 0.3 is 0 Å². The second-order valence-corrected chi connectivity index (χ2v) is 10.7. The molecule has 0 spiro atoms. The molecule has 162 valence electrons. The lowest BCUT2D eigenvalue weighted by Gasteiger charge is -2.39. The Labute approximate surface area is 172 Å². The molecule has 2 aliphatic rings. The molecule has 3 atom stereocenters. The Morgan fingerprint density at radius 3 is 2.24 bits per heavy atom. The van der Waals surface area contributed by atoms with Crippen LogP contribution >= 0.6 is 0 Å². The average Bonchev–Trinajstić information content (AvgIpc) is 2.67. The van der Waals surface area contributed by atoms with E-state index in [-0.39, 0.29) is 23.0 Å². The lowest BCUT2D eigenvalue weighted by molar-refractivity contribution is -0.132. The van der Waals surface area contributed by atoms with Gasteiger partial charge in [0, 0.05) is 32.7 Å². The molecular weight excluding hydrogens is 395 g/mol. The predicted octanol–water partition coefficient (Wildman–Crippen LogP) is 2.34. The van der Waals surface area contributed by atoms with Crippen molar-refractivity contribution in [1.29, 1.82) is 0 Å². The highest BCUT2D eigenvalue weighted by atomic mass is 32.2. The second kappa shape index (κ2) is 9.10. The standard InChI is InChI=1S/C21H31FN2O4S/c1-15-12-23(13-16(2)28-15)14-18-8-10-24(11-9-18)21(25)17(3)29(26,27)20-6-4-19(22)5-7-20/h4-7,15-18H,8-14H2,1-3H3. The van der Waals surface area contributed by atoms with Gasteiger partial charge in [-0.25, -0.2) is 12.8 Å². The van der Waals surface area contributed by atoms with Gasteiger partial charge in [0.25, 0.3) is 0 Å². The van der Waals surface area contributed by atoms with E-state index < -0.39 is 20.9 Å². The number of morpholine rings is 1. The summed E-state index contributed by atoms with van der Waals surface area (Å²) < 4.78 is 44.3. The number of benzene rings is 1. The summed E-state index contributed by atoms with van der Waals surface area (Å²) in [5, 5.41) is -1.18. The molecule has 6 nitrogen and oxygen atoms in total. The zero-order valence-electron chi connectivity index (χ0n) is 17.4. The Morgan fingerprint density at radius 1 is 1.14 bits per heavy atom. The average molecular weight is 427 g/mol. The number of rotatable bonds is 5. The second-order valence-electron chi connectivity index (χ2n) is 8.39. The van der Waals surface area contributed by atoms with Gasteiger partial charge in [0.2, 0.25) is 5.91 Å². The fourth-order valence-corrected chi connectivity index (χ4v) is 5.69. The first kappa shape index (κ1) is 22.2. The van der Waals surface area contributed by atoms with E-state index in [4.69, 9.17) is 4.74 Å². The molecule has 0 saturated carbocycles. The van der Waals surface area contributed by atoms with Crippen molar-refractivity contribution < 1.29 is 22.3 Å². The number of halogens is 1. The summed E-state index contributed by atoms with van der Waals surface area (Å²) in [7, 11) is -3.83. The molecule has 0 aromatic heterocycles. The van der Waals surface area contributed by atoms with Gasteiger partial charge < -0.3 is 9.64 Å². The molecule has 2 fully saturated rings. The van der Waals surface area contributed by atoms with E-state index in [9.17, 15) is 17.6 Å². The van der Waals surface area contributed by atoms with Crippen molar-refractivity contribution in [3.63, 3.8) is 0 Å². The molecule has 0 bridgehead atoms. The van der Waals surface area contributed by atoms with Crippen molar-refractivity contribution in [2.75, 3.05) is 32.7 Å². The molecule has 1 aromatic rings. The van der Waals surface area contributed by atoms with Crippen LogP contribution in [-0.2, 0) is 19.4 Å². The number of piperidine rings is 1. The molecule has 8 heteroatoms. The fourth-order valence-electron chi connectivity index (χ4n) is 4.35. The zero-order valence-corrected chi connectivity index (χ0v) is 18.2. The third kappa shape index (κ3) is 5.35. The van der Waals surface area contributed by atoms with Crippen molar-refractivity contribution in [3.05, 3.63) is 30.1 Å². The number of nitrogens with zero attached hydrogens (tertiary/aromatic N) is 2. The molecule has 2 saturated heterocycles. The van der Waals surface area contributed by atoms with E-state index in [0.29, 0.717) is 19.0 Å². The number of carbonyl (C=O) groups excluding carboxylic acids is 1. The van der Waals surface area contributed by atoms with E-state index >= 15 is 0 Å². The summed E-state index contributed by atoms with van der Waals surface area (Å²) in [5.41, 5.74) is 0. The largest absolute Gasteiger partial charge is 0.373 e. The highest BCUT2D eigenvalue weighted by Gasteiger charge is 2.35. The van der Waals surface area contributed by atoms with Crippen molar-refractivity contribution in [1.82, 2.24) is 9.80 Å². The van der Waals surface area contributed by atoms with Crippen LogP contribution in [0.1, 0.15) is 33.6 Å². The van der Waals surface area contributed by atoms with Crippen molar-refractivity contribution in [2.24, 2.45) is 5.92 Å². The SMILES string of the molecule is CC1CN(CC2CCN(C(=O)C(C)S(=O)(=O)c3ccc(F)cc3)CC2)CC(C)O1. The predicted molar refractivity (Wildman–Crippen MR) is 109 cm³/mol. The van der Waals surface area contributed by atoms with Crippen LogP contribution in [0.2, 0.25) is 0 Å². The van der Waals surface area contributed by atoms with Gasteiger partial charge in [-0.15, -0.1) is 0 Å². The highest BCUT2D eigenvalue weighted by Crippen LogP contribution is 2.24. The number of likely N-dealkylation sites (tertiary alicyclic amines) is 1. The van der Waals surface area contributed by atoms with Gasteiger partial charge in [0.15, 0.2) is 9.84 Å². The number of carbonyl (C=O) groups is 1. The van der Waals surface area contributed by atoms with Crippen LogP contribution in [0.3, 0.4) is 0 Å². The number of hydrogen-bond donors (Lipinski definition) is 0. The van der Waals surface area contributed by atoms with Crippen LogP contribution in [0.15, 0.2) is 29.2 Å². The molecular formula is C21H31FN2O4S. The third-order valence-electron chi connectivity index (χ3n) is 5.89. The van der Waals surface area contributed by atoms with E-state index in [1.807, 2.05) is 0 Å². The lowest BCUT2D eigenvalue weighted by atomic mass is 9.95. The minimum atomic E-state index is -3.83. The Morgan fingerprint density at radius 2 is 1.69 bits per heavy atom. The molecule has 0 radical (unpaired) electrons. The monoisotopic (exact) mass is 426 g/mol. The number of sulfone groups is 1. The first-order chi connectivity index (χ1) is 13.7. The van der Waals surface area contributed by atoms with E-state index in [1.54, 1.807) is 4.90 Å². The molecule has 29 heavy (non-hydrogen) atoms. The zero-order chi connectivity index (χ0) is 21.2. The topological polar surface area (TPSA) is 66.9 Å². The van der Waals surface area contributed by atoms with Crippen LogP contribution < -0.4 is 0 Å². The van der Waals surface area contributed by atoms with E-state index in [0.717, 1.165) is 44.6 Å².